The average molecular weight is 283 g/mol. The van der Waals surface area contributed by atoms with Crippen LogP contribution in [0.25, 0.3) is 0 Å². The molecule has 0 radical (unpaired) electrons. The lowest BCUT2D eigenvalue weighted by atomic mass is 9.77. The van der Waals surface area contributed by atoms with E-state index in [4.69, 9.17) is 4.74 Å². The first-order valence-electron chi connectivity index (χ1n) is 6.59. The van der Waals surface area contributed by atoms with Gasteiger partial charge in [-0.05, 0) is 63.5 Å². The Kier molecular flexibility index (Phi) is 4.16. The largest absolute Gasteiger partial charge is 0.487 e. The van der Waals surface area contributed by atoms with Crippen LogP contribution in [0.15, 0.2) is 29.2 Å². The number of hydrogen-bond donors (Lipinski definition) is 1. The molecule has 1 aromatic carbocycles. The maximum atomic E-state index is 11.4. The molecular weight excluding hydrogens is 262 g/mol. The van der Waals surface area contributed by atoms with Gasteiger partial charge in [-0.25, -0.2) is 8.42 Å². The van der Waals surface area contributed by atoms with Crippen molar-refractivity contribution in [2.75, 3.05) is 19.8 Å². The Morgan fingerprint density at radius 1 is 1.26 bits per heavy atom. The summed E-state index contributed by atoms with van der Waals surface area (Å²) in [5.74, 6) is 0.753. The van der Waals surface area contributed by atoms with Crippen molar-refractivity contribution in [1.29, 1.82) is 0 Å². The van der Waals surface area contributed by atoms with Crippen LogP contribution in [0.5, 0.6) is 5.75 Å². The smallest absolute Gasteiger partial charge is 0.175 e. The molecule has 0 atom stereocenters. The van der Waals surface area contributed by atoms with E-state index >= 15 is 0 Å². The Hall–Kier alpha value is -1.07. The van der Waals surface area contributed by atoms with Crippen LogP contribution in [0.4, 0.5) is 0 Å². The molecule has 0 aliphatic heterocycles. The van der Waals surface area contributed by atoms with E-state index in [0.717, 1.165) is 31.6 Å². The van der Waals surface area contributed by atoms with Gasteiger partial charge in [-0.2, -0.15) is 0 Å². The Balaban J connectivity index is 2.06. The molecule has 0 amide bonds. The molecule has 0 aromatic heterocycles. The molecule has 2 rings (SSSR count). The topological polar surface area (TPSA) is 55.4 Å². The Labute approximate surface area is 115 Å². The molecule has 0 saturated heterocycles. The van der Waals surface area contributed by atoms with Crippen molar-refractivity contribution in [3.05, 3.63) is 24.3 Å². The van der Waals surface area contributed by atoms with Crippen molar-refractivity contribution < 1.29 is 13.2 Å². The van der Waals surface area contributed by atoms with Gasteiger partial charge in [0.2, 0.25) is 0 Å². The highest BCUT2D eigenvalue weighted by atomic mass is 32.2. The van der Waals surface area contributed by atoms with E-state index in [0.29, 0.717) is 4.90 Å². The van der Waals surface area contributed by atoms with Crippen molar-refractivity contribution in [3.63, 3.8) is 0 Å². The summed E-state index contributed by atoms with van der Waals surface area (Å²) in [6, 6.07) is 6.70. The van der Waals surface area contributed by atoms with Gasteiger partial charge in [-0.1, -0.05) is 0 Å². The Bertz CT molecular complexity index is 518. The number of hydrogen-bond acceptors (Lipinski definition) is 4. The lowest BCUT2D eigenvalue weighted by Crippen LogP contribution is -2.45. The minimum absolute atomic E-state index is 0.0599. The summed E-state index contributed by atoms with van der Waals surface area (Å²) < 4.78 is 28.9. The fourth-order valence-corrected chi connectivity index (χ4v) is 2.96. The molecule has 1 aromatic rings. The number of nitrogens with one attached hydrogen (secondary N) is 1. The van der Waals surface area contributed by atoms with Gasteiger partial charge in [0.1, 0.15) is 11.4 Å². The number of benzene rings is 1. The second-order valence-electron chi connectivity index (χ2n) is 5.24. The molecule has 1 N–H and O–H groups in total. The van der Waals surface area contributed by atoms with E-state index in [9.17, 15) is 8.42 Å². The van der Waals surface area contributed by atoms with E-state index < -0.39 is 9.84 Å². The second-order valence-corrected chi connectivity index (χ2v) is 7.25. The van der Waals surface area contributed by atoms with Crippen LogP contribution in [0.1, 0.15) is 25.7 Å². The highest BCUT2D eigenvalue weighted by Gasteiger charge is 2.38. The summed E-state index contributed by atoms with van der Waals surface area (Å²) in [6.07, 6.45) is 5.54. The standard InChI is InChI=1S/C14H21NO3S/c1-15-11-10-14(8-3-9-14)18-12-4-6-13(7-5-12)19(2,16)17/h4-7,15H,3,8-11H2,1-2H3. The fourth-order valence-electron chi connectivity index (χ4n) is 2.33. The van der Waals surface area contributed by atoms with E-state index in [1.54, 1.807) is 24.3 Å². The third-order valence-corrected chi connectivity index (χ3v) is 4.81. The van der Waals surface area contributed by atoms with Crippen molar-refractivity contribution in [2.24, 2.45) is 0 Å². The van der Waals surface area contributed by atoms with Gasteiger partial charge in [0, 0.05) is 6.26 Å². The summed E-state index contributed by atoms with van der Waals surface area (Å²) in [6.45, 7) is 0.932. The first-order valence-corrected chi connectivity index (χ1v) is 8.48. The maximum Gasteiger partial charge on any atom is 0.175 e. The molecule has 0 spiro atoms. The lowest BCUT2D eigenvalue weighted by Gasteiger charge is -2.42. The zero-order chi connectivity index (χ0) is 13.9. The van der Waals surface area contributed by atoms with Gasteiger partial charge in [-0.15, -0.1) is 0 Å². The van der Waals surface area contributed by atoms with Gasteiger partial charge < -0.3 is 10.1 Å². The SMILES string of the molecule is CNCCC1(Oc2ccc(S(C)(=O)=O)cc2)CCC1. The van der Waals surface area contributed by atoms with Gasteiger partial charge in [-0.3, -0.25) is 0 Å². The number of sulfone groups is 1. The molecule has 0 unspecified atom stereocenters. The maximum absolute atomic E-state index is 11.4. The predicted molar refractivity (Wildman–Crippen MR) is 75.3 cm³/mol. The molecule has 106 valence electrons. The summed E-state index contributed by atoms with van der Waals surface area (Å²) in [7, 11) is -1.20. The molecule has 1 aliphatic carbocycles. The highest BCUT2D eigenvalue weighted by Crippen LogP contribution is 2.39. The summed E-state index contributed by atoms with van der Waals surface area (Å²) in [5.41, 5.74) is -0.0599. The second kappa shape index (κ2) is 5.51. The molecule has 19 heavy (non-hydrogen) atoms. The number of ether oxygens (including phenoxy) is 1. The summed E-state index contributed by atoms with van der Waals surface area (Å²) in [4.78, 5) is 0.331. The van der Waals surface area contributed by atoms with Gasteiger partial charge in [0.25, 0.3) is 0 Å². The minimum Gasteiger partial charge on any atom is -0.487 e. The van der Waals surface area contributed by atoms with Crippen LogP contribution in [0, 0.1) is 0 Å². The first-order chi connectivity index (χ1) is 8.95. The zero-order valence-corrected chi connectivity index (χ0v) is 12.3. The number of rotatable bonds is 6. The third kappa shape index (κ3) is 3.48. The fraction of sp³-hybridized carbons (Fsp3) is 0.571. The molecule has 1 aliphatic rings. The Morgan fingerprint density at radius 3 is 2.32 bits per heavy atom. The van der Waals surface area contributed by atoms with E-state index in [-0.39, 0.29) is 5.60 Å². The highest BCUT2D eigenvalue weighted by molar-refractivity contribution is 7.90. The lowest BCUT2D eigenvalue weighted by molar-refractivity contribution is -0.0139. The van der Waals surface area contributed by atoms with Crippen molar-refractivity contribution >= 4 is 9.84 Å². The molecule has 4 nitrogen and oxygen atoms in total. The Morgan fingerprint density at radius 2 is 1.89 bits per heavy atom. The minimum atomic E-state index is -3.13. The van der Waals surface area contributed by atoms with Gasteiger partial charge in [0.15, 0.2) is 9.84 Å². The van der Waals surface area contributed by atoms with Crippen LogP contribution >= 0.6 is 0 Å². The molecule has 0 bridgehead atoms. The molecular formula is C14H21NO3S. The summed E-state index contributed by atoms with van der Waals surface area (Å²) in [5, 5.41) is 3.15. The van der Waals surface area contributed by atoms with Gasteiger partial charge in [0.05, 0.1) is 4.90 Å². The van der Waals surface area contributed by atoms with Crippen LogP contribution in [0.2, 0.25) is 0 Å². The van der Waals surface area contributed by atoms with E-state index in [1.165, 1.54) is 12.7 Å². The van der Waals surface area contributed by atoms with Crippen molar-refractivity contribution in [2.45, 2.75) is 36.2 Å². The normalized spacial score (nSPS) is 17.8. The molecule has 1 fully saturated rings. The van der Waals surface area contributed by atoms with Crippen LogP contribution in [-0.4, -0.2) is 33.9 Å². The molecule has 1 saturated carbocycles. The van der Waals surface area contributed by atoms with Crippen LogP contribution < -0.4 is 10.1 Å². The van der Waals surface area contributed by atoms with Gasteiger partial charge >= 0.3 is 0 Å². The van der Waals surface area contributed by atoms with E-state index in [1.807, 2.05) is 7.05 Å². The zero-order valence-electron chi connectivity index (χ0n) is 11.5. The summed E-state index contributed by atoms with van der Waals surface area (Å²) >= 11 is 0. The quantitative estimate of drug-likeness (QED) is 0.867. The first kappa shape index (κ1) is 14.3. The monoisotopic (exact) mass is 283 g/mol. The average Bonchev–Trinajstić information content (AvgIpc) is 2.32. The van der Waals surface area contributed by atoms with Crippen molar-refractivity contribution in [1.82, 2.24) is 5.32 Å². The third-order valence-electron chi connectivity index (χ3n) is 3.68. The predicted octanol–water partition coefficient (Wildman–Crippen LogP) is 2.00. The van der Waals surface area contributed by atoms with Crippen LogP contribution in [0.3, 0.4) is 0 Å². The van der Waals surface area contributed by atoms with Crippen molar-refractivity contribution in [3.8, 4) is 5.75 Å². The molecule has 5 heteroatoms. The molecule has 0 heterocycles. The van der Waals surface area contributed by atoms with E-state index in [2.05, 4.69) is 5.32 Å². The van der Waals surface area contributed by atoms with Crippen LogP contribution in [-0.2, 0) is 9.84 Å².